The maximum Gasteiger partial charge on any atom is 0.324 e. The molecule has 0 spiro atoms. The van der Waals surface area contributed by atoms with Crippen molar-refractivity contribution in [2.24, 2.45) is 0 Å². The molecule has 14 heteroatoms. The number of nitrogens with zero attached hydrogens (tertiary/aromatic N) is 4. The van der Waals surface area contributed by atoms with Gasteiger partial charge in [0.25, 0.3) is 17.4 Å². The van der Waals surface area contributed by atoms with E-state index in [1.54, 1.807) is 42.2 Å². The third kappa shape index (κ3) is 5.94. The van der Waals surface area contributed by atoms with Crippen LogP contribution in [0.4, 0.5) is 19.3 Å². The minimum atomic E-state index is -3.42. The van der Waals surface area contributed by atoms with Gasteiger partial charge in [0.2, 0.25) is 0 Å². The fourth-order valence-electron chi connectivity index (χ4n) is 6.32. The number of amides is 3. The Hall–Kier alpha value is -3.79. The summed E-state index contributed by atoms with van der Waals surface area (Å²) in [4.78, 5) is 48.9. The predicted octanol–water partition coefficient (Wildman–Crippen LogP) is 7.53. The summed E-state index contributed by atoms with van der Waals surface area (Å²) in [6.07, 6.45) is 2.59. The fraction of sp³-hybridized carbons (Fsp3) is 0.394. The Labute approximate surface area is 284 Å². The van der Waals surface area contributed by atoms with E-state index in [9.17, 15) is 28.4 Å². The van der Waals surface area contributed by atoms with E-state index in [0.717, 1.165) is 37.1 Å². The summed E-state index contributed by atoms with van der Waals surface area (Å²) < 4.78 is 34.8. The molecule has 1 aliphatic carbocycles. The first-order valence-electron chi connectivity index (χ1n) is 15.0. The van der Waals surface area contributed by atoms with Crippen LogP contribution in [0.1, 0.15) is 66.7 Å². The van der Waals surface area contributed by atoms with Crippen LogP contribution in [0, 0.1) is 11.3 Å². The summed E-state index contributed by atoms with van der Waals surface area (Å²) in [6, 6.07) is 11.6. The van der Waals surface area contributed by atoms with Crippen molar-refractivity contribution in [3.63, 3.8) is 0 Å². The molecular formula is C33H31Cl2F2N5O4S. The number of aromatic nitrogens is 1. The number of H-pyrrole nitrogens is 1. The summed E-state index contributed by atoms with van der Waals surface area (Å²) in [7, 11) is 1.49. The third-order valence-corrected chi connectivity index (χ3v) is 11.0. The number of methoxy groups -OCH3 is 1. The van der Waals surface area contributed by atoms with E-state index in [0.29, 0.717) is 42.6 Å². The average molecular weight is 703 g/mol. The Morgan fingerprint density at radius 3 is 2.51 bits per heavy atom. The molecule has 6 rings (SSSR count). The second kappa shape index (κ2) is 12.3. The lowest BCUT2D eigenvalue weighted by molar-refractivity contribution is 0.0121. The highest BCUT2D eigenvalue weighted by molar-refractivity contribution is 7.99. The van der Waals surface area contributed by atoms with Crippen LogP contribution in [-0.4, -0.2) is 53.0 Å². The summed E-state index contributed by atoms with van der Waals surface area (Å²) in [6.45, 7) is 3.51. The number of benzene rings is 2. The molecule has 2 fully saturated rings. The van der Waals surface area contributed by atoms with E-state index in [1.807, 2.05) is 4.90 Å². The first-order chi connectivity index (χ1) is 22.3. The SMILES string of the molecule is COc1cc2c(cc1N1CCCN(C3CC3)C1=O)CN(C(=O)c1c(Sc3c(Cl)cccc3Cl)cc(C(C)(F)F)[nH]c1=O)[C@@]2(C)CC#N. The minimum absolute atomic E-state index is 0.0141. The quantitative estimate of drug-likeness (QED) is 0.260. The van der Waals surface area contributed by atoms with Crippen LogP contribution < -0.4 is 15.2 Å². The number of nitriles is 1. The number of aromatic amines is 1. The number of carbonyl (C=O) groups excluding carboxylic acids is 2. The van der Waals surface area contributed by atoms with Gasteiger partial charge in [0.05, 0.1) is 46.6 Å². The van der Waals surface area contributed by atoms with Crippen LogP contribution in [0.2, 0.25) is 10.0 Å². The molecule has 1 saturated heterocycles. The van der Waals surface area contributed by atoms with Gasteiger partial charge in [-0.25, -0.2) is 13.6 Å². The van der Waals surface area contributed by atoms with Gasteiger partial charge in [-0.15, -0.1) is 0 Å². The largest absolute Gasteiger partial charge is 0.495 e. The smallest absolute Gasteiger partial charge is 0.324 e. The third-order valence-electron chi connectivity index (χ3n) is 8.93. The van der Waals surface area contributed by atoms with Crippen LogP contribution in [0.15, 0.2) is 51.0 Å². The normalized spacial score (nSPS) is 19.5. The molecule has 3 heterocycles. The molecule has 9 nitrogen and oxygen atoms in total. The topological polar surface area (TPSA) is 110 Å². The van der Waals surface area contributed by atoms with Gasteiger partial charge in [0.1, 0.15) is 11.3 Å². The van der Waals surface area contributed by atoms with E-state index in [2.05, 4.69) is 11.1 Å². The van der Waals surface area contributed by atoms with Crippen LogP contribution >= 0.6 is 35.0 Å². The Bertz CT molecular complexity index is 1870. The number of pyridine rings is 1. The molecule has 3 aromatic rings. The molecule has 0 radical (unpaired) electrons. The van der Waals surface area contributed by atoms with E-state index < -0.39 is 34.2 Å². The summed E-state index contributed by atoms with van der Waals surface area (Å²) in [5.41, 5.74) is -1.50. The number of hydrogen-bond donors (Lipinski definition) is 1. The minimum Gasteiger partial charge on any atom is -0.495 e. The molecule has 2 aromatic carbocycles. The van der Waals surface area contributed by atoms with Gasteiger partial charge in [-0.2, -0.15) is 5.26 Å². The molecule has 0 unspecified atom stereocenters. The number of anilines is 1. The van der Waals surface area contributed by atoms with Crippen molar-refractivity contribution >= 4 is 52.6 Å². The van der Waals surface area contributed by atoms with Crippen molar-refractivity contribution in [2.75, 3.05) is 25.1 Å². The van der Waals surface area contributed by atoms with Crippen molar-refractivity contribution in [3.05, 3.63) is 79.2 Å². The first kappa shape index (κ1) is 33.1. The van der Waals surface area contributed by atoms with E-state index in [-0.39, 0.29) is 44.9 Å². The lowest BCUT2D eigenvalue weighted by Gasteiger charge is -2.37. The first-order valence-corrected chi connectivity index (χ1v) is 16.6. The van der Waals surface area contributed by atoms with Crippen LogP contribution in [0.3, 0.4) is 0 Å². The van der Waals surface area contributed by atoms with Gasteiger partial charge in [-0.1, -0.05) is 41.0 Å². The molecule has 3 aliphatic rings. The average Bonchev–Trinajstić information content (AvgIpc) is 3.82. The van der Waals surface area contributed by atoms with Crippen LogP contribution in [0.25, 0.3) is 0 Å². The van der Waals surface area contributed by atoms with Crippen LogP contribution in [0.5, 0.6) is 5.75 Å². The van der Waals surface area contributed by atoms with Crippen molar-refractivity contribution in [1.29, 1.82) is 5.26 Å². The molecule has 246 valence electrons. The molecule has 1 atom stereocenters. The summed E-state index contributed by atoms with van der Waals surface area (Å²) in [5.74, 6) is -3.79. The lowest BCUT2D eigenvalue weighted by atomic mass is 9.88. The molecule has 1 aromatic heterocycles. The Morgan fingerprint density at radius 1 is 1.19 bits per heavy atom. The maximum atomic E-state index is 14.5. The summed E-state index contributed by atoms with van der Waals surface area (Å²) >= 11 is 13.6. The van der Waals surface area contributed by atoms with Crippen molar-refractivity contribution in [3.8, 4) is 11.8 Å². The molecular weight excluding hydrogens is 671 g/mol. The Kier molecular flexibility index (Phi) is 8.70. The summed E-state index contributed by atoms with van der Waals surface area (Å²) in [5, 5.41) is 10.3. The van der Waals surface area contributed by atoms with E-state index in [1.165, 1.54) is 12.0 Å². The number of fused-ring (bicyclic) bond motifs is 1. The molecule has 3 amide bonds. The standard InChI is InChI=1S/C33H31Cl2F2N5O4S/c1-32(10-11-38)20-15-24(46-3)23(41-13-5-12-40(31(41)45)19-8-9-19)14-18(20)17-42(32)30(44)27-25(16-26(33(2,36)37)39-29(27)43)47-28-21(34)6-4-7-22(28)35/h4,6-7,14-16,19H,5,8-10,12-13,17H2,1-3H3,(H,39,43)/t32-/m0/s1. The van der Waals surface area contributed by atoms with Gasteiger partial charge >= 0.3 is 6.03 Å². The maximum absolute atomic E-state index is 14.5. The lowest BCUT2D eigenvalue weighted by Crippen LogP contribution is -2.50. The fourth-order valence-corrected chi connectivity index (χ4v) is 7.96. The highest BCUT2D eigenvalue weighted by atomic mass is 35.5. The number of urea groups is 1. The van der Waals surface area contributed by atoms with Crippen molar-refractivity contribution < 1.29 is 23.1 Å². The molecule has 47 heavy (non-hydrogen) atoms. The van der Waals surface area contributed by atoms with Crippen molar-refractivity contribution in [2.45, 2.75) is 73.4 Å². The molecule has 1 N–H and O–H groups in total. The number of hydrogen-bond acceptors (Lipinski definition) is 6. The van der Waals surface area contributed by atoms with Gasteiger partial charge in [-0.05, 0) is 67.6 Å². The number of ether oxygens (including phenoxy) is 1. The van der Waals surface area contributed by atoms with E-state index in [4.69, 9.17) is 27.9 Å². The van der Waals surface area contributed by atoms with Gasteiger partial charge in [0.15, 0.2) is 0 Å². The van der Waals surface area contributed by atoms with Crippen molar-refractivity contribution in [1.82, 2.24) is 14.8 Å². The molecule has 1 saturated carbocycles. The monoisotopic (exact) mass is 701 g/mol. The number of rotatable bonds is 8. The van der Waals surface area contributed by atoms with E-state index >= 15 is 0 Å². The van der Waals surface area contributed by atoms with Gasteiger partial charge in [-0.3, -0.25) is 14.5 Å². The zero-order valence-corrected chi connectivity index (χ0v) is 28.2. The Morgan fingerprint density at radius 2 is 1.89 bits per heavy atom. The zero-order chi connectivity index (χ0) is 33.8. The van der Waals surface area contributed by atoms with Gasteiger partial charge < -0.3 is 19.5 Å². The highest BCUT2D eigenvalue weighted by Crippen LogP contribution is 2.48. The second-order valence-electron chi connectivity index (χ2n) is 12.2. The van der Waals surface area contributed by atoms with Crippen LogP contribution in [-0.2, 0) is 18.0 Å². The molecule has 0 bridgehead atoms. The number of carbonyl (C=O) groups is 2. The Balaban J connectivity index is 1.44. The second-order valence-corrected chi connectivity index (χ2v) is 14.1. The zero-order valence-electron chi connectivity index (χ0n) is 25.8. The predicted molar refractivity (Wildman–Crippen MR) is 175 cm³/mol. The molecule has 2 aliphatic heterocycles. The number of alkyl halides is 2. The number of halogens is 4. The van der Waals surface area contributed by atoms with Gasteiger partial charge in [0, 0.05) is 42.4 Å². The number of nitrogens with one attached hydrogen (secondary N) is 1. The highest BCUT2D eigenvalue weighted by Gasteiger charge is 2.47.